The summed E-state index contributed by atoms with van der Waals surface area (Å²) in [6, 6.07) is 6.14. The molecule has 0 aromatic heterocycles. The lowest BCUT2D eigenvalue weighted by Crippen LogP contribution is -2.19. The van der Waals surface area contributed by atoms with Gasteiger partial charge < -0.3 is 4.90 Å². The SMILES string of the molecule is CCCN1C=Cc2ccc(Cl)cc2CC1. The minimum atomic E-state index is 0.839. The normalized spacial score (nSPS) is 14.9. The molecular weight excluding hydrogens is 206 g/mol. The maximum absolute atomic E-state index is 5.99. The molecule has 1 nitrogen and oxygen atoms in total. The number of fused-ring (bicyclic) bond motifs is 1. The van der Waals surface area contributed by atoms with E-state index in [4.69, 9.17) is 11.6 Å². The first-order valence-electron chi connectivity index (χ1n) is 5.50. The van der Waals surface area contributed by atoms with Gasteiger partial charge in [-0.25, -0.2) is 0 Å². The molecule has 1 heterocycles. The standard InChI is InChI=1S/C13H16ClN/c1-2-7-15-8-5-11-3-4-13(14)10-12(11)6-9-15/h3-5,8,10H,2,6-7,9H2,1H3. The molecule has 0 N–H and O–H groups in total. The molecule has 0 amide bonds. The molecule has 1 aliphatic heterocycles. The molecule has 0 unspecified atom stereocenters. The van der Waals surface area contributed by atoms with Gasteiger partial charge in [-0.2, -0.15) is 0 Å². The van der Waals surface area contributed by atoms with Crippen molar-refractivity contribution < 1.29 is 0 Å². The molecule has 0 spiro atoms. The van der Waals surface area contributed by atoms with Crippen LogP contribution in [0, 0.1) is 0 Å². The molecular formula is C13H16ClN. The molecule has 1 aromatic carbocycles. The second-order valence-electron chi connectivity index (χ2n) is 3.94. The fraction of sp³-hybridized carbons (Fsp3) is 0.385. The Morgan fingerprint density at radius 3 is 3.07 bits per heavy atom. The zero-order valence-corrected chi connectivity index (χ0v) is 9.80. The summed E-state index contributed by atoms with van der Waals surface area (Å²) in [5, 5.41) is 0.839. The van der Waals surface area contributed by atoms with E-state index in [-0.39, 0.29) is 0 Å². The summed E-state index contributed by atoms with van der Waals surface area (Å²) in [6.45, 7) is 4.44. The molecule has 0 saturated carbocycles. The van der Waals surface area contributed by atoms with Gasteiger partial charge in [0.05, 0.1) is 0 Å². The minimum Gasteiger partial charge on any atom is -0.377 e. The van der Waals surface area contributed by atoms with Crippen molar-refractivity contribution in [1.82, 2.24) is 4.90 Å². The lowest BCUT2D eigenvalue weighted by Gasteiger charge is -2.17. The topological polar surface area (TPSA) is 3.24 Å². The number of benzene rings is 1. The molecule has 1 aliphatic rings. The lowest BCUT2D eigenvalue weighted by atomic mass is 10.1. The molecule has 2 heteroatoms. The summed E-state index contributed by atoms with van der Waals surface area (Å²) in [6.07, 6.45) is 6.67. The quantitative estimate of drug-likeness (QED) is 0.738. The van der Waals surface area contributed by atoms with E-state index in [9.17, 15) is 0 Å². The van der Waals surface area contributed by atoms with Crippen molar-refractivity contribution >= 4 is 17.7 Å². The fourth-order valence-corrected chi connectivity index (χ4v) is 2.15. The predicted octanol–water partition coefficient (Wildman–Crippen LogP) is 3.58. The highest BCUT2D eigenvalue weighted by Gasteiger charge is 2.07. The van der Waals surface area contributed by atoms with E-state index in [0.29, 0.717) is 0 Å². The molecule has 0 aliphatic carbocycles. The fourth-order valence-electron chi connectivity index (χ4n) is 1.95. The first-order chi connectivity index (χ1) is 7.29. The van der Waals surface area contributed by atoms with Gasteiger partial charge in [0.1, 0.15) is 0 Å². The number of nitrogens with zero attached hydrogens (tertiary/aromatic N) is 1. The Bertz CT molecular complexity index is 371. The van der Waals surface area contributed by atoms with Crippen LogP contribution in [-0.2, 0) is 6.42 Å². The Morgan fingerprint density at radius 1 is 1.40 bits per heavy atom. The molecule has 80 valence electrons. The van der Waals surface area contributed by atoms with Crippen molar-refractivity contribution in [2.45, 2.75) is 19.8 Å². The summed E-state index contributed by atoms with van der Waals surface area (Å²) in [7, 11) is 0. The van der Waals surface area contributed by atoms with Crippen LogP contribution in [0.15, 0.2) is 24.4 Å². The highest BCUT2D eigenvalue weighted by Crippen LogP contribution is 2.20. The van der Waals surface area contributed by atoms with Crippen LogP contribution in [0.5, 0.6) is 0 Å². The van der Waals surface area contributed by atoms with Gasteiger partial charge in [0.25, 0.3) is 0 Å². The van der Waals surface area contributed by atoms with Gasteiger partial charge in [0.15, 0.2) is 0 Å². The summed E-state index contributed by atoms with van der Waals surface area (Å²) >= 11 is 5.99. The van der Waals surface area contributed by atoms with Crippen LogP contribution in [0.3, 0.4) is 0 Å². The van der Waals surface area contributed by atoms with Crippen molar-refractivity contribution in [2.75, 3.05) is 13.1 Å². The predicted molar refractivity (Wildman–Crippen MR) is 66.1 cm³/mol. The van der Waals surface area contributed by atoms with E-state index in [1.165, 1.54) is 17.5 Å². The van der Waals surface area contributed by atoms with Crippen LogP contribution in [0.1, 0.15) is 24.5 Å². The summed E-state index contributed by atoms with van der Waals surface area (Å²) < 4.78 is 0. The van der Waals surface area contributed by atoms with Crippen molar-refractivity contribution in [2.24, 2.45) is 0 Å². The first kappa shape index (κ1) is 10.6. The number of halogens is 1. The van der Waals surface area contributed by atoms with Crippen molar-refractivity contribution in [3.8, 4) is 0 Å². The summed E-state index contributed by atoms with van der Waals surface area (Å²) in [4.78, 5) is 2.37. The Labute approximate surface area is 96.4 Å². The number of hydrogen-bond donors (Lipinski definition) is 0. The third kappa shape index (κ3) is 2.54. The van der Waals surface area contributed by atoms with Gasteiger partial charge in [-0.1, -0.05) is 24.6 Å². The van der Waals surface area contributed by atoms with Crippen LogP contribution in [-0.4, -0.2) is 18.0 Å². The summed E-state index contributed by atoms with van der Waals surface area (Å²) in [5.41, 5.74) is 2.66. The Hall–Kier alpha value is -0.950. The van der Waals surface area contributed by atoms with Crippen LogP contribution in [0.25, 0.3) is 6.08 Å². The van der Waals surface area contributed by atoms with Crippen LogP contribution in [0.2, 0.25) is 5.02 Å². The van der Waals surface area contributed by atoms with E-state index in [2.05, 4.69) is 36.2 Å². The van der Waals surface area contributed by atoms with E-state index in [1.54, 1.807) is 0 Å². The van der Waals surface area contributed by atoms with E-state index in [0.717, 1.165) is 24.5 Å². The Morgan fingerprint density at radius 2 is 2.27 bits per heavy atom. The van der Waals surface area contributed by atoms with Crippen LogP contribution in [0.4, 0.5) is 0 Å². The highest BCUT2D eigenvalue weighted by molar-refractivity contribution is 6.30. The van der Waals surface area contributed by atoms with E-state index >= 15 is 0 Å². The average Bonchev–Trinajstić information content (AvgIpc) is 2.42. The van der Waals surface area contributed by atoms with Crippen molar-refractivity contribution in [3.05, 3.63) is 40.5 Å². The largest absolute Gasteiger partial charge is 0.377 e. The number of rotatable bonds is 2. The summed E-state index contributed by atoms with van der Waals surface area (Å²) in [5.74, 6) is 0. The Kier molecular flexibility index (Phi) is 3.32. The van der Waals surface area contributed by atoms with Gasteiger partial charge >= 0.3 is 0 Å². The van der Waals surface area contributed by atoms with Gasteiger partial charge in [-0.15, -0.1) is 0 Å². The highest BCUT2D eigenvalue weighted by atomic mass is 35.5. The van der Waals surface area contributed by atoms with Crippen LogP contribution < -0.4 is 0 Å². The van der Waals surface area contributed by atoms with Gasteiger partial charge in [-0.3, -0.25) is 0 Å². The van der Waals surface area contributed by atoms with Crippen molar-refractivity contribution in [1.29, 1.82) is 0 Å². The molecule has 0 saturated heterocycles. The zero-order chi connectivity index (χ0) is 10.7. The van der Waals surface area contributed by atoms with Crippen LogP contribution >= 0.6 is 11.6 Å². The molecule has 0 radical (unpaired) electrons. The molecule has 2 rings (SSSR count). The monoisotopic (exact) mass is 221 g/mol. The van der Waals surface area contributed by atoms with Crippen molar-refractivity contribution in [3.63, 3.8) is 0 Å². The first-order valence-corrected chi connectivity index (χ1v) is 5.88. The molecule has 0 fully saturated rings. The molecule has 0 atom stereocenters. The van der Waals surface area contributed by atoms with E-state index in [1.807, 2.05) is 6.07 Å². The second-order valence-corrected chi connectivity index (χ2v) is 4.38. The molecule has 0 bridgehead atoms. The maximum Gasteiger partial charge on any atom is 0.0409 e. The number of hydrogen-bond acceptors (Lipinski definition) is 1. The average molecular weight is 222 g/mol. The third-order valence-electron chi connectivity index (χ3n) is 2.75. The maximum atomic E-state index is 5.99. The third-order valence-corrected chi connectivity index (χ3v) is 2.98. The zero-order valence-electron chi connectivity index (χ0n) is 9.04. The Balaban J connectivity index is 2.20. The minimum absolute atomic E-state index is 0.839. The van der Waals surface area contributed by atoms with E-state index < -0.39 is 0 Å². The molecule has 15 heavy (non-hydrogen) atoms. The second kappa shape index (κ2) is 4.71. The van der Waals surface area contributed by atoms with Gasteiger partial charge in [0.2, 0.25) is 0 Å². The molecule has 1 aromatic rings. The smallest absolute Gasteiger partial charge is 0.0409 e. The van der Waals surface area contributed by atoms with Gasteiger partial charge in [0, 0.05) is 18.1 Å². The van der Waals surface area contributed by atoms with Gasteiger partial charge in [-0.05, 0) is 48.4 Å². The lowest BCUT2D eigenvalue weighted by molar-refractivity contribution is 0.384.